The van der Waals surface area contributed by atoms with Crippen LogP contribution in [0.1, 0.15) is 168 Å². The van der Waals surface area contributed by atoms with E-state index in [9.17, 15) is 19.0 Å². The van der Waals surface area contributed by atoms with Gasteiger partial charge in [-0.1, -0.05) is 129 Å². The maximum Gasteiger partial charge on any atom is 0.472 e. The van der Waals surface area contributed by atoms with Gasteiger partial charge in [0, 0.05) is 19.4 Å². The molecule has 0 saturated carbocycles. The molecule has 0 saturated heterocycles. The van der Waals surface area contributed by atoms with Crippen LogP contribution in [0.4, 0.5) is 0 Å². The Morgan fingerprint density at radius 2 is 1.09 bits per heavy atom. The molecule has 266 valence electrons. The first-order chi connectivity index (χ1) is 21.8. The fraction of sp³-hybridized carbons (Fsp3) is 0.886. The Bertz CT molecular complexity index is 764. The molecule has 0 rings (SSSR count). The Kier molecular flexibility index (Phi) is 31.8. The first kappa shape index (κ1) is 43.8. The molecule has 3 N–H and O–H groups in total. The number of esters is 2. The van der Waals surface area contributed by atoms with Crippen molar-refractivity contribution in [2.75, 3.05) is 26.4 Å². The van der Waals surface area contributed by atoms with E-state index >= 15 is 0 Å². The van der Waals surface area contributed by atoms with E-state index in [1.807, 2.05) is 0 Å². The molecule has 0 aliphatic carbocycles. The average molecular weight is 662 g/mol. The molecule has 2 unspecified atom stereocenters. The SMILES string of the molecule is CCCCC/C=C\CCCCCCCC(=O)OC(COC(=O)CCCCCCCCCCCCCC)COP(=O)(O)OCCN. The highest BCUT2D eigenvalue weighted by molar-refractivity contribution is 7.47. The zero-order valence-corrected chi connectivity index (χ0v) is 29.8. The van der Waals surface area contributed by atoms with Crippen LogP contribution >= 0.6 is 7.82 Å². The molecule has 0 aliphatic rings. The van der Waals surface area contributed by atoms with Gasteiger partial charge in [0.2, 0.25) is 0 Å². The number of ether oxygens (including phenoxy) is 2. The molecule has 0 aromatic rings. The fourth-order valence-corrected chi connectivity index (χ4v) is 5.69. The van der Waals surface area contributed by atoms with Gasteiger partial charge in [-0.05, 0) is 38.5 Å². The number of allylic oxidation sites excluding steroid dienone is 2. The highest BCUT2D eigenvalue weighted by Gasteiger charge is 2.25. The number of unbranched alkanes of at least 4 members (excludes halogenated alkanes) is 19. The Hall–Kier alpha value is -1.25. The van der Waals surface area contributed by atoms with Crippen LogP contribution in [0.5, 0.6) is 0 Å². The van der Waals surface area contributed by atoms with E-state index in [0.29, 0.717) is 6.42 Å². The number of hydrogen-bond donors (Lipinski definition) is 2. The molecule has 10 heteroatoms. The standard InChI is InChI=1S/C35H68NO8P/c1-3-5-7-9-11-13-15-17-19-21-23-25-27-34(37)41-31-33(32-43-45(39,40)42-30-29-36)44-35(38)28-26-24-22-20-18-16-14-12-10-8-6-4-2/h12,14,33H,3-11,13,15-32,36H2,1-2H3,(H,39,40)/b14-12-. The van der Waals surface area contributed by atoms with Crippen molar-refractivity contribution in [2.24, 2.45) is 5.73 Å². The van der Waals surface area contributed by atoms with Crippen LogP contribution in [0.3, 0.4) is 0 Å². The fourth-order valence-electron chi connectivity index (χ4n) is 4.92. The molecule has 2 atom stereocenters. The normalized spacial score (nSPS) is 13.6. The maximum absolute atomic E-state index is 12.5. The largest absolute Gasteiger partial charge is 0.472 e. The molecule has 0 aromatic heterocycles. The van der Waals surface area contributed by atoms with Crippen LogP contribution in [-0.2, 0) is 32.7 Å². The zero-order chi connectivity index (χ0) is 33.3. The van der Waals surface area contributed by atoms with Crippen molar-refractivity contribution in [3.63, 3.8) is 0 Å². The molecule has 0 aliphatic heterocycles. The lowest BCUT2D eigenvalue weighted by Crippen LogP contribution is -2.29. The third-order valence-electron chi connectivity index (χ3n) is 7.65. The second kappa shape index (κ2) is 32.7. The number of nitrogens with two attached hydrogens (primary N) is 1. The summed E-state index contributed by atoms with van der Waals surface area (Å²) in [6.45, 7) is 3.68. The number of hydrogen-bond acceptors (Lipinski definition) is 8. The summed E-state index contributed by atoms with van der Waals surface area (Å²) >= 11 is 0. The van der Waals surface area contributed by atoms with Crippen LogP contribution in [-0.4, -0.2) is 49.3 Å². The molecule has 0 fully saturated rings. The van der Waals surface area contributed by atoms with Gasteiger partial charge in [0.1, 0.15) is 6.61 Å². The third-order valence-corrected chi connectivity index (χ3v) is 8.64. The average Bonchev–Trinajstić information content (AvgIpc) is 3.02. The van der Waals surface area contributed by atoms with Gasteiger partial charge in [0.05, 0.1) is 13.2 Å². The summed E-state index contributed by atoms with van der Waals surface area (Å²) in [6.07, 6.45) is 29.5. The van der Waals surface area contributed by atoms with Crippen molar-refractivity contribution >= 4 is 19.8 Å². The number of carbonyl (C=O) groups excluding carboxylic acids is 2. The van der Waals surface area contributed by atoms with Crippen molar-refractivity contribution in [3.05, 3.63) is 12.2 Å². The maximum atomic E-state index is 12.5. The van der Waals surface area contributed by atoms with Crippen LogP contribution in [0, 0.1) is 0 Å². The van der Waals surface area contributed by atoms with Crippen molar-refractivity contribution < 1.29 is 37.6 Å². The minimum Gasteiger partial charge on any atom is -0.462 e. The molecule has 0 amide bonds. The van der Waals surface area contributed by atoms with Gasteiger partial charge < -0.3 is 20.1 Å². The molecule has 45 heavy (non-hydrogen) atoms. The van der Waals surface area contributed by atoms with E-state index in [1.165, 1.54) is 77.0 Å². The lowest BCUT2D eigenvalue weighted by atomic mass is 10.0. The molecule has 0 bridgehead atoms. The first-order valence-corrected chi connectivity index (χ1v) is 19.7. The van der Waals surface area contributed by atoms with Gasteiger partial charge in [-0.2, -0.15) is 0 Å². The Labute approximate surface area is 275 Å². The van der Waals surface area contributed by atoms with Crippen LogP contribution in [0.2, 0.25) is 0 Å². The summed E-state index contributed by atoms with van der Waals surface area (Å²) in [5.74, 6) is -0.836. The Balaban J connectivity index is 4.25. The topological polar surface area (TPSA) is 134 Å². The van der Waals surface area contributed by atoms with Gasteiger partial charge in [0.15, 0.2) is 6.10 Å². The van der Waals surface area contributed by atoms with E-state index in [2.05, 4.69) is 26.0 Å². The number of rotatable bonds is 34. The molecule has 9 nitrogen and oxygen atoms in total. The highest BCUT2D eigenvalue weighted by atomic mass is 31.2. The van der Waals surface area contributed by atoms with Crippen molar-refractivity contribution in [3.8, 4) is 0 Å². The van der Waals surface area contributed by atoms with E-state index in [1.54, 1.807) is 0 Å². The monoisotopic (exact) mass is 661 g/mol. The van der Waals surface area contributed by atoms with Crippen LogP contribution < -0.4 is 5.73 Å². The van der Waals surface area contributed by atoms with Gasteiger partial charge in [0.25, 0.3) is 0 Å². The molecule has 0 spiro atoms. The second-order valence-electron chi connectivity index (χ2n) is 12.1. The molecule has 0 aromatic carbocycles. The van der Waals surface area contributed by atoms with E-state index in [4.69, 9.17) is 24.3 Å². The Morgan fingerprint density at radius 3 is 1.62 bits per heavy atom. The third kappa shape index (κ3) is 32.5. The minimum absolute atomic E-state index is 0.0544. The van der Waals surface area contributed by atoms with E-state index in [0.717, 1.165) is 57.8 Å². The summed E-state index contributed by atoms with van der Waals surface area (Å²) in [7, 11) is -4.36. The van der Waals surface area contributed by atoms with Crippen LogP contribution in [0.15, 0.2) is 12.2 Å². The smallest absolute Gasteiger partial charge is 0.462 e. The summed E-state index contributed by atoms with van der Waals surface area (Å²) in [5.41, 5.74) is 5.32. The lowest BCUT2D eigenvalue weighted by Gasteiger charge is -2.19. The lowest BCUT2D eigenvalue weighted by molar-refractivity contribution is -0.161. The van der Waals surface area contributed by atoms with Crippen LogP contribution in [0.25, 0.3) is 0 Å². The van der Waals surface area contributed by atoms with E-state index in [-0.39, 0.29) is 38.6 Å². The minimum atomic E-state index is -4.36. The first-order valence-electron chi connectivity index (χ1n) is 18.2. The summed E-state index contributed by atoms with van der Waals surface area (Å²) in [6, 6.07) is 0. The zero-order valence-electron chi connectivity index (χ0n) is 28.9. The van der Waals surface area contributed by atoms with Gasteiger partial charge in [-0.15, -0.1) is 0 Å². The molecular formula is C35H68NO8P. The number of phosphoric ester groups is 1. The predicted molar refractivity (Wildman–Crippen MR) is 183 cm³/mol. The Morgan fingerprint density at radius 1 is 0.644 bits per heavy atom. The molecule has 0 radical (unpaired) electrons. The molecular weight excluding hydrogens is 593 g/mol. The van der Waals surface area contributed by atoms with Crippen molar-refractivity contribution in [1.29, 1.82) is 0 Å². The quantitative estimate of drug-likeness (QED) is 0.0299. The number of phosphoric acid groups is 1. The van der Waals surface area contributed by atoms with Crippen molar-refractivity contribution in [2.45, 2.75) is 174 Å². The summed E-state index contributed by atoms with van der Waals surface area (Å²) < 4.78 is 32.6. The van der Waals surface area contributed by atoms with Gasteiger partial charge in [-0.3, -0.25) is 18.6 Å². The van der Waals surface area contributed by atoms with Gasteiger partial charge >= 0.3 is 19.8 Å². The second-order valence-corrected chi connectivity index (χ2v) is 13.5. The van der Waals surface area contributed by atoms with E-state index < -0.39 is 26.5 Å². The molecule has 0 heterocycles. The highest BCUT2D eigenvalue weighted by Crippen LogP contribution is 2.43. The predicted octanol–water partition coefficient (Wildman–Crippen LogP) is 9.49. The van der Waals surface area contributed by atoms with Gasteiger partial charge in [-0.25, -0.2) is 4.57 Å². The number of carbonyl (C=O) groups is 2. The van der Waals surface area contributed by atoms with Crippen molar-refractivity contribution in [1.82, 2.24) is 0 Å². The summed E-state index contributed by atoms with van der Waals surface area (Å²) in [4.78, 5) is 34.6. The summed E-state index contributed by atoms with van der Waals surface area (Å²) in [5, 5.41) is 0.